The van der Waals surface area contributed by atoms with Gasteiger partial charge >= 0.3 is 6.61 Å². The molecule has 3 fully saturated rings. The van der Waals surface area contributed by atoms with Crippen molar-refractivity contribution in [3.05, 3.63) is 70.0 Å². The average molecular weight is 582 g/mol. The molecule has 0 amide bonds. The first kappa shape index (κ1) is 26.4. The van der Waals surface area contributed by atoms with E-state index in [0.29, 0.717) is 33.8 Å². The van der Waals surface area contributed by atoms with Crippen LogP contribution in [0.1, 0.15) is 60.8 Å². The monoisotopic (exact) mass is 581 g/mol. The van der Waals surface area contributed by atoms with Crippen LogP contribution < -0.4 is 4.74 Å². The van der Waals surface area contributed by atoms with Crippen LogP contribution in [-0.4, -0.2) is 28.0 Å². The summed E-state index contributed by atoms with van der Waals surface area (Å²) in [5.41, 5.74) is 0.814. The zero-order chi connectivity index (χ0) is 28.3. The molecule has 3 aliphatic carbocycles. The van der Waals surface area contributed by atoms with Crippen LogP contribution in [0.15, 0.2) is 40.9 Å². The normalized spacial score (nSPS) is 25.6. The van der Waals surface area contributed by atoms with Gasteiger partial charge in [-0.05, 0) is 74.6 Å². The van der Waals surface area contributed by atoms with Gasteiger partial charge in [0.05, 0.1) is 19.3 Å². The fraction of sp³-hybridized carbons (Fsp3) is 0.433. The number of rotatable bonds is 8. The Labute approximate surface area is 237 Å². The molecule has 3 saturated carbocycles. The summed E-state index contributed by atoms with van der Waals surface area (Å²) in [6.07, 6.45) is 4.60. The minimum Gasteiger partial charge on any atom is -0.434 e. The summed E-state index contributed by atoms with van der Waals surface area (Å²) in [7, 11) is 0. The van der Waals surface area contributed by atoms with E-state index < -0.39 is 18.0 Å². The Morgan fingerprint density at radius 3 is 2.61 bits per heavy atom. The van der Waals surface area contributed by atoms with Crippen molar-refractivity contribution in [1.29, 1.82) is 0 Å². The van der Waals surface area contributed by atoms with Crippen LogP contribution in [0.5, 0.6) is 5.75 Å². The van der Waals surface area contributed by atoms with E-state index in [9.17, 15) is 18.3 Å². The molecule has 2 heterocycles. The van der Waals surface area contributed by atoms with Gasteiger partial charge in [0.15, 0.2) is 5.69 Å². The maximum Gasteiger partial charge on any atom is 0.387 e. The summed E-state index contributed by atoms with van der Waals surface area (Å²) in [6.45, 7) is 4.44. The highest BCUT2D eigenvalue weighted by atomic mass is 32.1. The molecule has 212 valence electrons. The zero-order valence-electron chi connectivity index (χ0n) is 21.9. The van der Waals surface area contributed by atoms with E-state index in [1.807, 2.05) is 0 Å². The Balaban J connectivity index is 1.13. The predicted molar refractivity (Wildman–Crippen MR) is 144 cm³/mol. The molecular formula is C30H26F3N3O4S. The first-order valence-electron chi connectivity index (χ1n) is 13.7. The van der Waals surface area contributed by atoms with Gasteiger partial charge in [0.2, 0.25) is 0 Å². The standard InChI is InChI=1S/C30H26F3N3O4S/c1-34-18-12-22(31)26-24(13-18)41-28(35-26)30(37)16-8-9-17(30)11-19(10-16)38-14-21-25(36-40-27(21)15-6-7-15)20-4-2-3-5-23(20)39-29(32)33/h2-5,12-13,15-17,19,29,37H,6-11,14H2/t16-,17+,19?,30?. The van der Waals surface area contributed by atoms with Gasteiger partial charge in [-0.1, -0.05) is 17.3 Å². The second kappa shape index (κ2) is 10.1. The van der Waals surface area contributed by atoms with Gasteiger partial charge in [-0.25, -0.2) is 14.2 Å². The number of para-hydroxylation sites is 1. The molecule has 2 unspecified atom stereocenters. The number of hydrogen-bond acceptors (Lipinski definition) is 7. The van der Waals surface area contributed by atoms with E-state index in [4.69, 9.17) is 20.6 Å². The number of fused-ring (bicyclic) bond motifs is 3. The number of benzene rings is 2. The molecule has 2 aromatic carbocycles. The predicted octanol–water partition coefficient (Wildman–Crippen LogP) is 7.71. The summed E-state index contributed by atoms with van der Waals surface area (Å²) in [6, 6.07) is 9.31. The van der Waals surface area contributed by atoms with Crippen LogP contribution in [0.25, 0.3) is 26.3 Å². The Morgan fingerprint density at radius 1 is 1.15 bits per heavy atom. The quantitative estimate of drug-likeness (QED) is 0.215. The molecule has 0 radical (unpaired) electrons. The molecule has 0 saturated heterocycles. The summed E-state index contributed by atoms with van der Waals surface area (Å²) < 4.78 is 58.2. The number of hydrogen-bond donors (Lipinski definition) is 1. The highest BCUT2D eigenvalue weighted by molar-refractivity contribution is 7.18. The summed E-state index contributed by atoms with van der Waals surface area (Å²) in [5.74, 6) is 0.197. The lowest BCUT2D eigenvalue weighted by Gasteiger charge is -2.41. The summed E-state index contributed by atoms with van der Waals surface area (Å²) >= 11 is 1.25. The zero-order valence-corrected chi connectivity index (χ0v) is 22.7. The van der Waals surface area contributed by atoms with Gasteiger partial charge in [-0.3, -0.25) is 0 Å². The van der Waals surface area contributed by atoms with Crippen molar-refractivity contribution in [2.45, 2.75) is 69.4 Å². The Kier molecular flexibility index (Phi) is 6.52. The third kappa shape index (κ3) is 4.58. The van der Waals surface area contributed by atoms with Crippen molar-refractivity contribution in [3.8, 4) is 17.0 Å². The van der Waals surface area contributed by atoms with Crippen LogP contribution in [0, 0.1) is 24.2 Å². The first-order valence-corrected chi connectivity index (χ1v) is 14.5. The second-order valence-electron chi connectivity index (χ2n) is 11.1. The lowest BCUT2D eigenvalue weighted by atomic mass is 9.73. The lowest BCUT2D eigenvalue weighted by molar-refractivity contribution is -0.116. The molecule has 4 atom stereocenters. The molecule has 41 heavy (non-hydrogen) atoms. The number of halogens is 3. The topological polar surface area (TPSA) is 82.0 Å². The van der Waals surface area contributed by atoms with Crippen molar-refractivity contribution < 1.29 is 32.3 Å². The van der Waals surface area contributed by atoms with Gasteiger partial charge in [-0.2, -0.15) is 8.78 Å². The van der Waals surface area contributed by atoms with Gasteiger partial charge in [0.25, 0.3) is 0 Å². The Bertz CT molecular complexity index is 1650. The van der Waals surface area contributed by atoms with E-state index in [1.54, 1.807) is 24.3 Å². The number of alkyl halides is 2. The lowest BCUT2D eigenvalue weighted by Crippen LogP contribution is -2.44. The Hall–Kier alpha value is -3.46. The minimum atomic E-state index is -2.97. The molecule has 7 nitrogen and oxygen atoms in total. The average Bonchev–Trinajstić information content (AvgIpc) is 3.52. The molecule has 0 aliphatic heterocycles. The number of nitrogens with zero attached hydrogens (tertiary/aromatic N) is 3. The van der Waals surface area contributed by atoms with Crippen LogP contribution in [-0.2, 0) is 16.9 Å². The van der Waals surface area contributed by atoms with Crippen molar-refractivity contribution in [2.75, 3.05) is 0 Å². The molecule has 2 aromatic heterocycles. The molecule has 2 bridgehead atoms. The molecule has 11 heteroatoms. The van der Waals surface area contributed by atoms with E-state index in [1.165, 1.54) is 23.5 Å². The van der Waals surface area contributed by atoms with Crippen molar-refractivity contribution >= 4 is 27.2 Å². The highest BCUT2D eigenvalue weighted by Crippen LogP contribution is 2.57. The number of aliphatic hydroxyl groups is 1. The maximum absolute atomic E-state index is 14.6. The number of ether oxygens (including phenoxy) is 2. The van der Waals surface area contributed by atoms with Crippen molar-refractivity contribution in [2.24, 2.45) is 11.8 Å². The van der Waals surface area contributed by atoms with E-state index >= 15 is 0 Å². The fourth-order valence-electron chi connectivity index (χ4n) is 6.60. The van der Waals surface area contributed by atoms with Gasteiger partial charge in [0.1, 0.15) is 39.1 Å². The van der Waals surface area contributed by atoms with Crippen LogP contribution >= 0.6 is 11.3 Å². The second-order valence-corrected chi connectivity index (χ2v) is 12.2. The van der Waals surface area contributed by atoms with Gasteiger partial charge in [-0.15, -0.1) is 11.3 Å². The Morgan fingerprint density at radius 2 is 1.90 bits per heavy atom. The maximum atomic E-state index is 14.6. The SMILES string of the molecule is [C-]#[N+]c1cc(F)c2nc(C3(O)[C@@H]4CC[C@H]3CC(OCc3c(-c5ccccc5OC(F)F)noc3C3CC3)C4)sc2c1. The highest BCUT2D eigenvalue weighted by Gasteiger charge is 2.56. The van der Waals surface area contributed by atoms with Crippen LogP contribution in [0.3, 0.4) is 0 Å². The minimum absolute atomic E-state index is 0.0240. The third-order valence-electron chi connectivity index (χ3n) is 8.70. The van der Waals surface area contributed by atoms with Gasteiger partial charge < -0.3 is 19.1 Å². The number of aromatic nitrogens is 2. The van der Waals surface area contributed by atoms with E-state index in [-0.39, 0.29) is 47.4 Å². The van der Waals surface area contributed by atoms with Crippen LogP contribution in [0.4, 0.5) is 18.9 Å². The molecule has 7 rings (SSSR count). The molecule has 0 spiro atoms. The smallest absolute Gasteiger partial charge is 0.387 e. The van der Waals surface area contributed by atoms with Crippen molar-refractivity contribution in [1.82, 2.24) is 10.1 Å². The molecule has 3 aliphatic rings. The summed E-state index contributed by atoms with van der Waals surface area (Å²) in [4.78, 5) is 7.85. The summed E-state index contributed by atoms with van der Waals surface area (Å²) in [5, 5.41) is 16.7. The van der Waals surface area contributed by atoms with Crippen molar-refractivity contribution in [3.63, 3.8) is 0 Å². The number of thiazole rings is 1. The van der Waals surface area contributed by atoms with E-state index in [2.05, 4.69) is 15.0 Å². The molecular weight excluding hydrogens is 555 g/mol. The first-order chi connectivity index (χ1) is 19.8. The van der Waals surface area contributed by atoms with Gasteiger partial charge in [0, 0.05) is 21.7 Å². The largest absolute Gasteiger partial charge is 0.434 e. The third-order valence-corrected chi connectivity index (χ3v) is 9.84. The molecule has 4 aromatic rings. The van der Waals surface area contributed by atoms with Crippen LogP contribution in [0.2, 0.25) is 0 Å². The fourth-order valence-corrected chi connectivity index (χ4v) is 7.86. The van der Waals surface area contributed by atoms with E-state index in [0.717, 1.165) is 37.0 Å². The molecule has 1 N–H and O–H groups in total.